The van der Waals surface area contributed by atoms with Gasteiger partial charge < -0.3 is 10.1 Å². The van der Waals surface area contributed by atoms with E-state index in [1.54, 1.807) is 32.5 Å². The Morgan fingerprint density at radius 2 is 2.27 bits per heavy atom. The highest BCUT2D eigenvalue weighted by atomic mass is 32.2. The van der Waals surface area contributed by atoms with E-state index in [9.17, 15) is 4.79 Å². The van der Waals surface area contributed by atoms with Crippen molar-refractivity contribution in [2.24, 2.45) is 0 Å². The van der Waals surface area contributed by atoms with Gasteiger partial charge in [0.1, 0.15) is 11.1 Å². The number of ether oxygens (including phenoxy) is 1. The molecule has 0 aromatic rings. The van der Waals surface area contributed by atoms with Gasteiger partial charge in [-0.05, 0) is 32.9 Å². The Labute approximate surface area is 94.4 Å². The molecule has 15 heavy (non-hydrogen) atoms. The van der Waals surface area contributed by atoms with Crippen molar-refractivity contribution in [3.63, 3.8) is 0 Å². The maximum atomic E-state index is 11.5. The van der Waals surface area contributed by atoms with Crippen LogP contribution in [-0.4, -0.2) is 28.7 Å². The summed E-state index contributed by atoms with van der Waals surface area (Å²) in [6.45, 7) is 5.40. The summed E-state index contributed by atoms with van der Waals surface area (Å²) in [4.78, 5) is 11.5. The van der Waals surface area contributed by atoms with Gasteiger partial charge in [-0.25, -0.2) is 4.79 Å². The van der Waals surface area contributed by atoms with Gasteiger partial charge in [-0.3, -0.25) is 0 Å². The van der Waals surface area contributed by atoms with Crippen LogP contribution in [0.15, 0.2) is 0 Å². The number of alkyl carbamates (subject to hydrolysis) is 1. The van der Waals surface area contributed by atoms with Crippen molar-refractivity contribution in [3.8, 4) is 6.07 Å². The molecule has 1 saturated heterocycles. The van der Waals surface area contributed by atoms with Crippen molar-refractivity contribution in [1.82, 2.24) is 5.32 Å². The van der Waals surface area contributed by atoms with Crippen LogP contribution in [-0.2, 0) is 4.74 Å². The predicted molar refractivity (Wildman–Crippen MR) is 59.7 cm³/mol. The minimum Gasteiger partial charge on any atom is -0.444 e. The lowest BCUT2D eigenvalue weighted by molar-refractivity contribution is 0.0489. The van der Waals surface area contributed by atoms with Gasteiger partial charge in [0.25, 0.3) is 0 Å². The number of thioether (sulfide) groups is 1. The van der Waals surface area contributed by atoms with Crippen LogP contribution in [0.1, 0.15) is 27.2 Å². The Kier molecular flexibility index (Phi) is 3.50. The van der Waals surface area contributed by atoms with Gasteiger partial charge >= 0.3 is 6.09 Å². The SMILES string of the molecule is CC(C)(C)OC(=O)NC1(C#N)CCSC1. The molecule has 0 spiro atoms. The van der Waals surface area contributed by atoms with Crippen LogP contribution < -0.4 is 5.32 Å². The quantitative estimate of drug-likeness (QED) is 0.744. The number of carbonyl (C=O) groups is 1. The van der Waals surface area contributed by atoms with E-state index < -0.39 is 17.2 Å². The molecule has 84 valence electrons. The third kappa shape index (κ3) is 3.63. The van der Waals surface area contributed by atoms with E-state index in [-0.39, 0.29) is 0 Å². The molecule has 0 bridgehead atoms. The first-order valence-electron chi connectivity index (χ1n) is 4.87. The topological polar surface area (TPSA) is 62.1 Å². The molecule has 1 aliphatic rings. The monoisotopic (exact) mass is 228 g/mol. The summed E-state index contributed by atoms with van der Waals surface area (Å²) >= 11 is 1.67. The standard InChI is InChI=1S/C10H16N2O2S/c1-9(2,3)14-8(13)12-10(6-11)4-5-15-7-10/h4-5,7H2,1-3H3,(H,12,13). The Balaban J connectivity index is 2.54. The van der Waals surface area contributed by atoms with E-state index in [0.29, 0.717) is 12.2 Å². The van der Waals surface area contributed by atoms with Crippen LogP contribution in [0.3, 0.4) is 0 Å². The molecule has 0 aliphatic carbocycles. The fourth-order valence-corrected chi connectivity index (χ4v) is 2.55. The molecule has 1 amide bonds. The zero-order valence-electron chi connectivity index (χ0n) is 9.29. The maximum absolute atomic E-state index is 11.5. The average Bonchev–Trinajstić information content (AvgIpc) is 2.50. The molecular weight excluding hydrogens is 212 g/mol. The lowest BCUT2D eigenvalue weighted by atomic mass is 10.0. The summed E-state index contributed by atoms with van der Waals surface area (Å²) in [6, 6.07) is 2.16. The number of rotatable bonds is 1. The van der Waals surface area contributed by atoms with Crippen LogP contribution in [0, 0.1) is 11.3 Å². The van der Waals surface area contributed by atoms with Crippen LogP contribution in [0.4, 0.5) is 4.79 Å². The molecule has 1 aliphatic heterocycles. The highest BCUT2D eigenvalue weighted by molar-refractivity contribution is 7.99. The van der Waals surface area contributed by atoms with Crippen molar-refractivity contribution in [2.45, 2.75) is 38.3 Å². The van der Waals surface area contributed by atoms with Gasteiger partial charge in [0.15, 0.2) is 0 Å². The zero-order chi connectivity index (χ0) is 11.5. The van der Waals surface area contributed by atoms with Crippen LogP contribution in [0.5, 0.6) is 0 Å². The Morgan fingerprint density at radius 1 is 1.60 bits per heavy atom. The van der Waals surface area contributed by atoms with Crippen molar-refractivity contribution >= 4 is 17.9 Å². The Morgan fingerprint density at radius 3 is 2.67 bits per heavy atom. The Bertz CT molecular complexity index is 285. The molecular formula is C10H16N2O2S. The molecule has 0 saturated carbocycles. The second kappa shape index (κ2) is 4.31. The molecule has 1 fully saturated rings. The molecule has 1 N–H and O–H groups in total. The zero-order valence-corrected chi connectivity index (χ0v) is 10.1. The van der Waals surface area contributed by atoms with Crippen LogP contribution in [0.25, 0.3) is 0 Å². The molecule has 0 radical (unpaired) electrons. The third-order valence-corrected chi connectivity index (χ3v) is 3.17. The largest absolute Gasteiger partial charge is 0.444 e. The lowest BCUT2D eigenvalue weighted by Crippen LogP contribution is -2.49. The molecule has 4 nitrogen and oxygen atoms in total. The normalized spacial score (nSPS) is 25.7. The predicted octanol–water partition coefficient (Wildman–Crippen LogP) is 1.91. The molecule has 1 unspecified atom stereocenters. The van der Waals surface area contributed by atoms with Crippen LogP contribution >= 0.6 is 11.8 Å². The average molecular weight is 228 g/mol. The lowest BCUT2D eigenvalue weighted by Gasteiger charge is -2.25. The number of hydrogen-bond donors (Lipinski definition) is 1. The van der Waals surface area contributed by atoms with E-state index in [0.717, 1.165) is 5.75 Å². The van der Waals surface area contributed by atoms with Gasteiger partial charge in [-0.1, -0.05) is 0 Å². The summed E-state index contributed by atoms with van der Waals surface area (Å²) in [5, 5.41) is 11.7. The number of nitrogens with one attached hydrogen (secondary N) is 1. The fraction of sp³-hybridized carbons (Fsp3) is 0.800. The Hall–Kier alpha value is -0.890. The number of hydrogen-bond acceptors (Lipinski definition) is 4. The van der Waals surface area contributed by atoms with Gasteiger partial charge in [-0.2, -0.15) is 17.0 Å². The minimum atomic E-state index is -0.729. The van der Waals surface area contributed by atoms with E-state index >= 15 is 0 Å². The van der Waals surface area contributed by atoms with Gasteiger partial charge in [0.05, 0.1) is 6.07 Å². The number of nitriles is 1. The smallest absolute Gasteiger partial charge is 0.408 e. The van der Waals surface area contributed by atoms with Gasteiger partial charge in [0.2, 0.25) is 0 Å². The highest BCUT2D eigenvalue weighted by Crippen LogP contribution is 2.27. The number of nitrogens with zero attached hydrogens (tertiary/aromatic N) is 1. The third-order valence-electron chi connectivity index (χ3n) is 1.98. The first-order chi connectivity index (χ1) is 6.87. The van der Waals surface area contributed by atoms with E-state index in [1.807, 2.05) is 0 Å². The number of amides is 1. The first kappa shape index (κ1) is 12.2. The second-order valence-corrected chi connectivity index (χ2v) is 5.73. The van der Waals surface area contributed by atoms with Crippen LogP contribution in [0.2, 0.25) is 0 Å². The molecule has 1 atom stereocenters. The van der Waals surface area contributed by atoms with Gasteiger partial charge in [-0.15, -0.1) is 0 Å². The minimum absolute atomic E-state index is 0.508. The molecule has 0 aromatic heterocycles. The van der Waals surface area contributed by atoms with E-state index in [4.69, 9.17) is 10.00 Å². The van der Waals surface area contributed by atoms with Crippen molar-refractivity contribution in [1.29, 1.82) is 5.26 Å². The fourth-order valence-electron chi connectivity index (χ4n) is 1.28. The second-order valence-electron chi connectivity index (χ2n) is 4.62. The summed E-state index contributed by atoms with van der Waals surface area (Å²) in [5.74, 6) is 1.55. The molecule has 1 rings (SSSR count). The first-order valence-corrected chi connectivity index (χ1v) is 6.03. The molecule has 1 heterocycles. The summed E-state index contributed by atoms with van der Waals surface area (Å²) in [6.07, 6.45) is 0.180. The maximum Gasteiger partial charge on any atom is 0.408 e. The highest BCUT2D eigenvalue weighted by Gasteiger charge is 2.37. The van der Waals surface area contributed by atoms with Crippen molar-refractivity contribution in [3.05, 3.63) is 0 Å². The summed E-state index contributed by atoms with van der Waals surface area (Å²) in [5.41, 5.74) is -1.25. The van der Waals surface area contributed by atoms with E-state index in [1.165, 1.54) is 0 Å². The van der Waals surface area contributed by atoms with Crippen molar-refractivity contribution in [2.75, 3.05) is 11.5 Å². The molecule has 5 heteroatoms. The molecule has 0 aromatic carbocycles. The van der Waals surface area contributed by atoms with Gasteiger partial charge in [0, 0.05) is 5.75 Å². The summed E-state index contributed by atoms with van der Waals surface area (Å²) in [7, 11) is 0. The number of carbonyl (C=O) groups excluding carboxylic acids is 1. The summed E-state index contributed by atoms with van der Waals surface area (Å²) < 4.78 is 5.12. The van der Waals surface area contributed by atoms with E-state index in [2.05, 4.69) is 11.4 Å². The van der Waals surface area contributed by atoms with Crippen molar-refractivity contribution < 1.29 is 9.53 Å².